The number of hydrogen-bond acceptors (Lipinski definition) is 3. The smallest absolute Gasteiger partial charge is 0.113 e. The van der Waals surface area contributed by atoms with Crippen LogP contribution in [0, 0.1) is 0 Å². The van der Waals surface area contributed by atoms with Crippen molar-refractivity contribution in [1.82, 2.24) is 4.98 Å². The second-order valence-electron chi connectivity index (χ2n) is 5.67. The lowest BCUT2D eigenvalue weighted by molar-refractivity contribution is -0.311. The first-order chi connectivity index (χ1) is 10.1. The third kappa shape index (κ3) is 2.14. The van der Waals surface area contributed by atoms with Gasteiger partial charge in [0.1, 0.15) is 5.60 Å². The zero-order chi connectivity index (χ0) is 15.0. The Morgan fingerprint density at radius 2 is 2.24 bits per heavy atom. The molecule has 1 aromatic heterocycles. The van der Waals surface area contributed by atoms with Crippen molar-refractivity contribution in [3.63, 3.8) is 0 Å². The number of H-pyrrole nitrogens is 1. The van der Waals surface area contributed by atoms with Crippen molar-refractivity contribution in [3.8, 4) is 0 Å². The minimum Gasteiger partial charge on any atom is -0.550 e. The van der Waals surface area contributed by atoms with Crippen molar-refractivity contribution >= 4 is 16.9 Å². The largest absolute Gasteiger partial charge is 0.550 e. The average Bonchev–Trinajstić information content (AvgIpc) is 2.87. The molecule has 2 heterocycles. The Balaban J connectivity index is 2.24. The molecule has 0 aliphatic carbocycles. The average molecular weight is 286 g/mol. The molecule has 1 aliphatic rings. The number of aromatic nitrogens is 1. The lowest BCUT2D eigenvalue weighted by Gasteiger charge is -2.37. The zero-order valence-corrected chi connectivity index (χ0v) is 12.5. The maximum atomic E-state index is 11.2. The van der Waals surface area contributed by atoms with Crippen LogP contribution in [0.3, 0.4) is 0 Å². The van der Waals surface area contributed by atoms with Gasteiger partial charge in [-0.2, -0.15) is 0 Å². The van der Waals surface area contributed by atoms with E-state index < -0.39 is 11.6 Å². The number of ether oxygens (including phenoxy) is 1. The first-order valence-electron chi connectivity index (χ1n) is 7.58. The lowest BCUT2D eigenvalue weighted by atomic mass is 9.86. The summed E-state index contributed by atoms with van der Waals surface area (Å²) in [6.45, 7) is 4.64. The predicted octanol–water partition coefficient (Wildman–Crippen LogP) is 2.05. The molecular formula is C17H20NO3-. The number of nitrogens with one attached hydrogen (secondary N) is 1. The molecule has 112 valence electrons. The quantitative estimate of drug-likeness (QED) is 0.935. The van der Waals surface area contributed by atoms with Gasteiger partial charge in [-0.25, -0.2) is 0 Å². The number of aromatic amines is 1. The molecule has 0 unspecified atom stereocenters. The fourth-order valence-corrected chi connectivity index (χ4v) is 3.47. The Morgan fingerprint density at radius 1 is 1.43 bits per heavy atom. The van der Waals surface area contributed by atoms with Gasteiger partial charge in [-0.3, -0.25) is 0 Å². The van der Waals surface area contributed by atoms with Crippen LogP contribution in [0.4, 0.5) is 0 Å². The van der Waals surface area contributed by atoms with E-state index in [0.717, 1.165) is 24.1 Å². The van der Waals surface area contributed by atoms with Gasteiger partial charge in [0.2, 0.25) is 0 Å². The van der Waals surface area contributed by atoms with Gasteiger partial charge in [-0.1, -0.05) is 32.0 Å². The van der Waals surface area contributed by atoms with Gasteiger partial charge in [0.25, 0.3) is 0 Å². The van der Waals surface area contributed by atoms with Gasteiger partial charge < -0.3 is 19.6 Å². The molecule has 4 heteroatoms. The SMILES string of the molecule is CCc1cccc2c3c([nH]c12)[C@](CC)(CC(=O)[O-])OCC3. The Bertz CT molecular complexity index is 689. The summed E-state index contributed by atoms with van der Waals surface area (Å²) in [5.41, 5.74) is 3.72. The van der Waals surface area contributed by atoms with Gasteiger partial charge in [0.15, 0.2) is 0 Å². The fraction of sp³-hybridized carbons (Fsp3) is 0.471. The minimum atomic E-state index is -1.07. The van der Waals surface area contributed by atoms with E-state index in [2.05, 4.69) is 30.1 Å². The monoisotopic (exact) mass is 286 g/mol. The maximum Gasteiger partial charge on any atom is 0.113 e. The molecule has 3 rings (SSSR count). The summed E-state index contributed by atoms with van der Waals surface area (Å²) in [6.07, 6.45) is 2.27. The molecular weight excluding hydrogens is 266 g/mol. The number of para-hydroxylation sites is 1. The van der Waals surface area contributed by atoms with Gasteiger partial charge in [0, 0.05) is 23.3 Å². The van der Waals surface area contributed by atoms with Gasteiger partial charge in [0.05, 0.1) is 12.3 Å². The maximum absolute atomic E-state index is 11.2. The first-order valence-corrected chi connectivity index (χ1v) is 7.58. The number of carbonyl (C=O) groups is 1. The second-order valence-corrected chi connectivity index (χ2v) is 5.67. The molecule has 0 saturated carbocycles. The molecule has 0 saturated heterocycles. The van der Waals surface area contributed by atoms with E-state index in [-0.39, 0.29) is 6.42 Å². The predicted molar refractivity (Wildman–Crippen MR) is 78.9 cm³/mol. The molecule has 4 nitrogen and oxygen atoms in total. The van der Waals surface area contributed by atoms with Crippen LogP contribution in [0.25, 0.3) is 10.9 Å². The summed E-state index contributed by atoms with van der Waals surface area (Å²) in [5.74, 6) is -1.07. The van der Waals surface area contributed by atoms with Crippen LogP contribution in [0.1, 0.15) is 43.5 Å². The Labute approximate surface area is 124 Å². The number of carboxylic acid groups (broad SMARTS) is 1. The molecule has 1 N–H and O–H groups in total. The van der Waals surface area contributed by atoms with Crippen LogP contribution >= 0.6 is 0 Å². The van der Waals surface area contributed by atoms with E-state index in [4.69, 9.17) is 4.74 Å². The highest BCUT2D eigenvalue weighted by molar-refractivity contribution is 5.88. The summed E-state index contributed by atoms with van der Waals surface area (Å²) in [4.78, 5) is 14.6. The third-order valence-electron chi connectivity index (χ3n) is 4.60. The Kier molecular flexibility index (Phi) is 3.49. The van der Waals surface area contributed by atoms with Gasteiger partial charge >= 0.3 is 0 Å². The summed E-state index contributed by atoms with van der Waals surface area (Å²) < 4.78 is 5.90. The molecule has 0 fully saturated rings. The van der Waals surface area contributed by atoms with Crippen molar-refractivity contribution in [1.29, 1.82) is 0 Å². The van der Waals surface area contributed by atoms with Crippen LogP contribution in [0.5, 0.6) is 0 Å². The molecule has 1 atom stereocenters. The number of aliphatic carboxylic acids is 1. The van der Waals surface area contributed by atoms with Crippen LogP contribution in [0.2, 0.25) is 0 Å². The van der Waals surface area contributed by atoms with Crippen molar-refractivity contribution < 1.29 is 14.6 Å². The highest BCUT2D eigenvalue weighted by Crippen LogP contribution is 2.41. The number of fused-ring (bicyclic) bond motifs is 3. The number of carbonyl (C=O) groups excluding carboxylic acids is 1. The number of hydrogen-bond donors (Lipinski definition) is 1. The van der Waals surface area contributed by atoms with E-state index >= 15 is 0 Å². The van der Waals surface area contributed by atoms with Crippen LogP contribution in [0.15, 0.2) is 18.2 Å². The van der Waals surface area contributed by atoms with Crippen LogP contribution in [-0.2, 0) is 28.0 Å². The molecule has 0 amide bonds. The lowest BCUT2D eigenvalue weighted by Crippen LogP contribution is -2.41. The summed E-state index contributed by atoms with van der Waals surface area (Å²) in [7, 11) is 0. The molecule has 0 radical (unpaired) electrons. The van der Waals surface area contributed by atoms with E-state index in [1.807, 2.05) is 6.92 Å². The molecule has 1 aliphatic heterocycles. The summed E-state index contributed by atoms with van der Waals surface area (Å²) >= 11 is 0. The normalized spacial score (nSPS) is 21.4. The Hall–Kier alpha value is -1.81. The Morgan fingerprint density at radius 3 is 2.90 bits per heavy atom. The minimum absolute atomic E-state index is 0.106. The van der Waals surface area contributed by atoms with Gasteiger partial charge in [-0.05, 0) is 30.4 Å². The highest BCUT2D eigenvalue weighted by Gasteiger charge is 2.39. The number of aryl methyl sites for hydroxylation is 1. The zero-order valence-electron chi connectivity index (χ0n) is 12.5. The van der Waals surface area contributed by atoms with Crippen molar-refractivity contribution in [2.45, 2.75) is 45.1 Å². The van der Waals surface area contributed by atoms with E-state index in [0.29, 0.717) is 13.0 Å². The van der Waals surface area contributed by atoms with Crippen molar-refractivity contribution in [2.24, 2.45) is 0 Å². The molecule has 1 aromatic carbocycles. The summed E-state index contributed by atoms with van der Waals surface area (Å²) in [6, 6.07) is 6.28. The number of benzene rings is 1. The number of carboxylic acids is 1. The standard InChI is InChI=1S/C17H21NO3/c1-3-11-6-5-7-12-13-8-9-21-17(4-2,10-14(19)20)16(13)18-15(11)12/h5-7,18H,3-4,8-10H2,1-2H3,(H,19,20)/p-1/t17-/m0/s1. The second kappa shape index (κ2) is 5.19. The first kappa shape index (κ1) is 14.1. The number of rotatable bonds is 4. The van der Waals surface area contributed by atoms with Crippen molar-refractivity contribution in [3.05, 3.63) is 35.0 Å². The van der Waals surface area contributed by atoms with E-state index in [1.165, 1.54) is 16.5 Å². The topological polar surface area (TPSA) is 65.2 Å². The third-order valence-corrected chi connectivity index (χ3v) is 4.60. The molecule has 2 aromatic rings. The highest BCUT2D eigenvalue weighted by atomic mass is 16.5. The van der Waals surface area contributed by atoms with Gasteiger partial charge in [-0.15, -0.1) is 0 Å². The van der Waals surface area contributed by atoms with Crippen molar-refractivity contribution in [2.75, 3.05) is 6.61 Å². The van der Waals surface area contributed by atoms with Crippen LogP contribution in [-0.4, -0.2) is 17.6 Å². The summed E-state index contributed by atoms with van der Waals surface area (Å²) in [5, 5.41) is 12.4. The van der Waals surface area contributed by atoms with E-state index in [1.54, 1.807) is 0 Å². The van der Waals surface area contributed by atoms with E-state index in [9.17, 15) is 9.90 Å². The fourth-order valence-electron chi connectivity index (χ4n) is 3.47. The molecule has 21 heavy (non-hydrogen) atoms. The molecule has 0 bridgehead atoms. The molecule has 0 spiro atoms. The van der Waals surface area contributed by atoms with Crippen LogP contribution < -0.4 is 5.11 Å².